The Hall–Kier alpha value is -7.95. The number of para-hydroxylation sites is 3. The van der Waals surface area contributed by atoms with Crippen LogP contribution in [0, 0.1) is 0 Å². The van der Waals surface area contributed by atoms with Gasteiger partial charge in [0.1, 0.15) is 36.7 Å². The number of aliphatic carboxylic acids is 3. The number of hydrogen-bond donors (Lipinski definition) is 7. The van der Waals surface area contributed by atoms with E-state index in [1.54, 1.807) is 0 Å². The van der Waals surface area contributed by atoms with Gasteiger partial charge in [-0.25, -0.2) is 14.4 Å². The lowest BCUT2D eigenvalue weighted by molar-refractivity contribution is -0.438. The summed E-state index contributed by atoms with van der Waals surface area (Å²) in [5, 5.41) is 37.4. The first-order valence-corrected chi connectivity index (χ1v) is 31.0. The molecule has 0 saturated heterocycles. The number of carbonyl (C=O) groups is 6. The highest BCUT2D eigenvalue weighted by Crippen LogP contribution is 2.48. The Morgan fingerprint density at radius 1 is 0.667 bits per heavy atom. The van der Waals surface area contributed by atoms with Crippen molar-refractivity contribution in [1.29, 1.82) is 0 Å². The number of hydrogen-bond acceptors (Lipinski definition) is 13. The topological polar surface area (TPSA) is 296 Å². The molecule has 21 nitrogen and oxygen atoms in total. The van der Waals surface area contributed by atoms with Gasteiger partial charge in [0.05, 0.1) is 25.2 Å². The number of ether oxygens (including phenoxy) is 3. The zero-order valence-corrected chi connectivity index (χ0v) is 51.6. The summed E-state index contributed by atoms with van der Waals surface area (Å²) in [6.45, 7) is 14.4. The third kappa shape index (κ3) is 22.1. The minimum atomic E-state index is -3.11. The number of rotatable bonds is 35. The molecule has 0 unspecified atom stereocenters. The minimum Gasteiger partial charge on any atom is -0.481 e. The Morgan fingerprint density at radius 3 is 2.02 bits per heavy atom. The van der Waals surface area contributed by atoms with Crippen LogP contribution >= 0.6 is 0 Å². The van der Waals surface area contributed by atoms with E-state index in [0.29, 0.717) is 25.8 Å². The maximum Gasteiger partial charge on any atom is 0.425 e. The van der Waals surface area contributed by atoms with Crippen molar-refractivity contribution in [2.45, 2.75) is 154 Å². The van der Waals surface area contributed by atoms with E-state index in [2.05, 4.69) is 138 Å². The van der Waals surface area contributed by atoms with Gasteiger partial charge in [0.25, 0.3) is 0 Å². The van der Waals surface area contributed by atoms with Crippen LogP contribution in [-0.2, 0) is 54.9 Å². The summed E-state index contributed by atoms with van der Waals surface area (Å²) in [5.74, 6) is -2.68. The predicted octanol–water partition coefficient (Wildman–Crippen LogP) is 9.00. The molecule has 0 aromatic heterocycles. The van der Waals surface area contributed by atoms with Crippen LogP contribution in [0.3, 0.4) is 0 Å². The maximum atomic E-state index is 12.8. The lowest BCUT2D eigenvalue weighted by atomic mass is 9.81. The van der Waals surface area contributed by atoms with Gasteiger partial charge in [-0.1, -0.05) is 94.3 Å². The zero-order valence-electron chi connectivity index (χ0n) is 50.8. The van der Waals surface area contributed by atoms with Gasteiger partial charge in [0.15, 0.2) is 5.71 Å². The second-order valence-electron chi connectivity index (χ2n) is 22.6. The molecule has 4 amide bonds. The van der Waals surface area contributed by atoms with Crippen molar-refractivity contribution in [2.75, 3.05) is 57.5 Å². The first-order valence-electron chi connectivity index (χ1n) is 30.0. The number of carbonyl (C=O) groups excluding carboxylic acids is 3. The number of amides is 4. The van der Waals surface area contributed by atoms with Crippen LogP contribution in [0.4, 0.5) is 16.2 Å². The summed E-state index contributed by atoms with van der Waals surface area (Å²) in [6, 6.07) is 23.8. The van der Waals surface area contributed by atoms with Gasteiger partial charge in [0.2, 0.25) is 17.5 Å². The van der Waals surface area contributed by atoms with Crippen molar-refractivity contribution < 1.29 is 75.5 Å². The standard InChI is InChI=1S/C65H86N6O12.O3S/c1-6-7-19-40-70-53-29-15-13-26-49(53)64(2,3)55(70)35-32-46-22-21-23-47(60(46)83-48-24-10-8-11-25-48)33-36-56-65(4,5)50-27-14-16-30-54(50)71(56)41-20-9-12-31-57(72)67-39-42-81-43-44-82-45-58(73)66-38-18-17-28-51(61(76)77)68-63(80)69-52(62(78)79)34-37-59(74)75;1-4(2)3/h8,10-11,13-16,24-27,29-30,32-33,35-36,51-52H,6-7,9,12,17-23,28,31,34,37-45H2,1-5H3,(H6-,66,67,68,69,72,73,74,75,76,77,78,79,80);/p+1/t51-,52-;/m0./s1. The fraction of sp³-hybridized carbons (Fsp3) is 0.492. The molecule has 2 heterocycles. The second-order valence-corrected chi connectivity index (χ2v) is 23.0. The van der Waals surface area contributed by atoms with Crippen LogP contribution in [0.2, 0.25) is 0 Å². The molecule has 3 aromatic carbocycles. The van der Waals surface area contributed by atoms with Gasteiger partial charge in [0, 0.05) is 73.4 Å². The summed E-state index contributed by atoms with van der Waals surface area (Å²) < 4.78 is 45.7. The number of nitrogens with one attached hydrogen (secondary N) is 4. The average molecular weight is 1220 g/mol. The van der Waals surface area contributed by atoms with Gasteiger partial charge >= 0.3 is 34.5 Å². The maximum absolute atomic E-state index is 12.8. The molecule has 7 N–H and O–H groups in total. The Morgan fingerprint density at radius 2 is 1.32 bits per heavy atom. The molecule has 6 rings (SSSR count). The molecule has 0 saturated carbocycles. The van der Waals surface area contributed by atoms with Gasteiger partial charge in [-0.2, -0.15) is 4.58 Å². The second kappa shape index (κ2) is 35.6. The van der Waals surface area contributed by atoms with Crippen LogP contribution in [-0.4, -0.2) is 139 Å². The number of benzene rings is 3. The van der Waals surface area contributed by atoms with E-state index in [0.717, 1.165) is 69.5 Å². The lowest BCUT2D eigenvalue weighted by Gasteiger charge is -2.27. The monoisotopic (exact) mass is 1220 g/mol. The highest BCUT2D eigenvalue weighted by Gasteiger charge is 2.44. The van der Waals surface area contributed by atoms with E-state index in [-0.39, 0.29) is 68.5 Å². The Kier molecular flexibility index (Phi) is 28.6. The summed E-state index contributed by atoms with van der Waals surface area (Å²) in [7, 11) is -3.11. The van der Waals surface area contributed by atoms with Crippen molar-refractivity contribution in [3.8, 4) is 5.75 Å². The number of urea groups is 1. The van der Waals surface area contributed by atoms with Crippen LogP contribution < -0.4 is 30.9 Å². The first kappa shape index (κ1) is 69.8. The van der Waals surface area contributed by atoms with E-state index < -0.39 is 53.1 Å². The van der Waals surface area contributed by atoms with E-state index in [9.17, 15) is 39.0 Å². The first-order chi connectivity index (χ1) is 41.6. The molecule has 3 aromatic rings. The third-order valence-electron chi connectivity index (χ3n) is 15.5. The smallest absolute Gasteiger partial charge is 0.425 e. The van der Waals surface area contributed by atoms with Crippen LogP contribution in [0.1, 0.15) is 142 Å². The fourth-order valence-electron chi connectivity index (χ4n) is 11.0. The number of carboxylic acids is 3. The Labute approximate surface area is 512 Å². The molecule has 0 fully saturated rings. The van der Waals surface area contributed by atoms with E-state index >= 15 is 0 Å². The van der Waals surface area contributed by atoms with Gasteiger partial charge in [-0.05, 0) is 125 Å². The van der Waals surface area contributed by atoms with Crippen LogP contribution in [0.25, 0.3) is 0 Å². The van der Waals surface area contributed by atoms with E-state index in [1.165, 1.54) is 57.9 Å². The largest absolute Gasteiger partial charge is 0.481 e. The average Bonchev–Trinajstić information content (AvgIpc) is 1.72. The molecule has 0 spiro atoms. The SMILES string of the molecule is CCCCC[N+]1=C(C=CC2=C(Oc3ccccc3)C(=CC=C3N(CCCCCC(=O)NCCOCCOCC(=O)NCCCC[C@H](NC(=O)N[C@@H](CCC(=O)O)C(=O)O)C(=O)O)c4ccccc4C3(C)C)CCC2)C(C)(C)c2ccccc21.O=S(=O)=O. The normalized spacial score (nSPS) is 16.4. The zero-order chi connectivity index (χ0) is 63.4. The van der Waals surface area contributed by atoms with E-state index in [4.69, 9.17) is 31.9 Å². The highest BCUT2D eigenvalue weighted by atomic mass is 32.2. The Bertz CT molecular complexity index is 3110. The molecule has 1 aliphatic carbocycles. The molecule has 472 valence electrons. The quantitative estimate of drug-likeness (QED) is 0.0213. The molecule has 87 heavy (non-hydrogen) atoms. The summed E-state index contributed by atoms with van der Waals surface area (Å²) in [4.78, 5) is 73.4. The molecule has 2 atom stereocenters. The summed E-state index contributed by atoms with van der Waals surface area (Å²) in [5.41, 5.74) is 9.72. The number of carboxylic acid groups (broad SMARTS) is 3. The lowest BCUT2D eigenvalue weighted by Crippen LogP contribution is -2.51. The molecule has 22 heteroatoms. The van der Waals surface area contributed by atoms with Gasteiger partial charge in [-0.15, -0.1) is 12.6 Å². The molecular weight excluding hydrogens is 1140 g/mol. The molecular formula is C65H87N6O15S+. The van der Waals surface area contributed by atoms with Crippen molar-refractivity contribution in [3.05, 3.63) is 137 Å². The van der Waals surface area contributed by atoms with Crippen LogP contribution in [0.5, 0.6) is 5.75 Å². The highest BCUT2D eigenvalue weighted by molar-refractivity contribution is 7.59. The molecule has 0 bridgehead atoms. The Balaban J connectivity index is 0.00000334. The van der Waals surface area contributed by atoms with Crippen molar-refractivity contribution in [3.63, 3.8) is 0 Å². The summed E-state index contributed by atoms with van der Waals surface area (Å²) in [6.07, 6.45) is 18.5. The minimum absolute atomic E-state index is 0.00720. The third-order valence-corrected chi connectivity index (χ3v) is 15.5. The molecule has 2 aliphatic heterocycles. The molecule has 3 aliphatic rings. The van der Waals surface area contributed by atoms with Crippen molar-refractivity contribution in [2.24, 2.45) is 0 Å². The van der Waals surface area contributed by atoms with Crippen molar-refractivity contribution in [1.82, 2.24) is 21.3 Å². The van der Waals surface area contributed by atoms with Crippen LogP contribution in [0.15, 0.2) is 126 Å². The number of anilines is 1. The van der Waals surface area contributed by atoms with Gasteiger partial charge in [-0.3, -0.25) is 14.4 Å². The number of allylic oxidation sites excluding steroid dienone is 7. The number of fused-ring (bicyclic) bond motifs is 2. The predicted molar refractivity (Wildman–Crippen MR) is 330 cm³/mol. The van der Waals surface area contributed by atoms with Gasteiger partial charge < -0.3 is 55.7 Å². The van der Waals surface area contributed by atoms with E-state index in [1.807, 2.05) is 30.3 Å². The number of nitrogens with zero attached hydrogens (tertiary/aromatic N) is 2. The number of unbranched alkanes of at least 4 members (excludes halogenated alkanes) is 5. The fourth-order valence-corrected chi connectivity index (χ4v) is 11.0. The molecule has 0 radical (unpaired) electrons. The van der Waals surface area contributed by atoms with Crippen molar-refractivity contribution >= 4 is 63.4 Å². The summed E-state index contributed by atoms with van der Waals surface area (Å²) >= 11 is 0.